The van der Waals surface area contributed by atoms with Crippen LogP contribution in [0.4, 0.5) is 5.69 Å². The average Bonchev–Trinajstić information content (AvgIpc) is 2.98. The Kier molecular flexibility index (Phi) is 6.24. The van der Waals surface area contributed by atoms with E-state index in [9.17, 15) is 9.59 Å². The van der Waals surface area contributed by atoms with Gasteiger partial charge >= 0.3 is 0 Å². The zero-order valence-electron chi connectivity index (χ0n) is 14.5. The lowest BCUT2D eigenvalue weighted by atomic mass is 9.92. The fourth-order valence-corrected chi connectivity index (χ4v) is 2.91. The molecule has 1 aliphatic heterocycles. The second-order valence-corrected chi connectivity index (χ2v) is 7.89. The summed E-state index contributed by atoms with van der Waals surface area (Å²) >= 11 is 6.14. The molecule has 1 aliphatic rings. The predicted molar refractivity (Wildman–Crippen MR) is 97.5 cm³/mol. The Morgan fingerprint density at radius 3 is 2.71 bits per heavy atom. The summed E-state index contributed by atoms with van der Waals surface area (Å²) in [5.41, 5.74) is 0.867. The number of nitrogens with one attached hydrogen (secondary N) is 3. The van der Waals surface area contributed by atoms with Gasteiger partial charge in [0.15, 0.2) is 0 Å². The van der Waals surface area contributed by atoms with E-state index in [1.165, 1.54) is 0 Å². The Morgan fingerprint density at radius 1 is 1.33 bits per heavy atom. The Morgan fingerprint density at radius 2 is 2.08 bits per heavy atom. The first-order valence-electron chi connectivity index (χ1n) is 8.35. The largest absolute Gasteiger partial charge is 0.350 e. The van der Waals surface area contributed by atoms with E-state index in [0.717, 1.165) is 19.4 Å². The summed E-state index contributed by atoms with van der Waals surface area (Å²) < 4.78 is 0. The molecule has 1 aromatic rings. The van der Waals surface area contributed by atoms with Gasteiger partial charge in [-0.25, -0.2) is 0 Å². The molecule has 1 saturated heterocycles. The number of benzene rings is 1. The summed E-state index contributed by atoms with van der Waals surface area (Å²) in [4.78, 5) is 24.4. The standard InChI is InChI=1S/C18H26ClN3O2/c1-18(2,3)10-16(23)22-12-6-7-15(19)14(9-12)17(24)21-11-13-5-4-8-20-13/h6-7,9,13,20H,4-5,8,10-11H2,1-3H3,(H,21,24)(H,22,23). The zero-order chi connectivity index (χ0) is 17.7. The molecule has 0 aromatic heterocycles. The van der Waals surface area contributed by atoms with Gasteiger partial charge in [0.2, 0.25) is 5.91 Å². The molecule has 1 heterocycles. The molecule has 132 valence electrons. The Bertz CT molecular complexity index is 605. The van der Waals surface area contributed by atoms with E-state index in [1.54, 1.807) is 18.2 Å². The molecular weight excluding hydrogens is 326 g/mol. The van der Waals surface area contributed by atoms with Crippen molar-refractivity contribution in [2.24, 2.45) is 5.41 Å². The molecule has 1 aromatic carbocycles. The molecule has 1 atom stereocenters. The highest BCUT2D eigenvalue weighted by Crippen LogP contribution is 2.23. The van der Waals surface area contributed by atoms with E-state index in [2.05, 4.69) is 16.0 Å². The molecule has 6 heteroatoms. The maximum absolute atomic E-state index is 12.4. The molecule has 0 spiro atoms. The van der Waals surface area contributed by atoms with Crippen LogP contribution in [0, 0.1) is 5.41 Å². The number of carbonyl (C=O) groups excluding carboxylic acids is 2. The number of hydrogen-bond acceptors (Lipinski definition) is 3. The molecular formula is C18H26ClN3O2. The molecule has 1 unspecified atom stereocenters. The average molecular weight is 352 g/mol. The summed E-state index contributed by atoms with van der Waals surface area (Å²) in [7, 11) is 0. The van der Waals surface area contributed by atoms with Crippen LogP contribution >= 0.6 is 11.6 Å². The van der Waals surface area contributed by atoms with Crippen molar-refractivity contribution in [3.05, 3.63) is 28.8 Å². The van der Waals surface area contributed by atoms with Gasteiger partial charge in [-0.1, -0.05) is 32.4 Å². The van der Waals surface area contributed by atoms with Crippen molar-refractivity contribution in [3.8, 4) is 0 Å². The van der Waals surface area contributed by atoms with Crippen LogP contribution in [0.25, 0.3) is 0 Å². The smallest absolute Gasteiger partial charge is 0.252 e. The van der Waals surface area contributed by atoms with Crippen LogP contribution in [0.2, 0.25) is 5.02 Å². The maximum atomic E-state index is 12.4. The number of hydrogen-bond donors (Lipinski definition) is 3. The van der Waals surface area contributed by atoms with E-state index >= 15 is 0 Å². The number of halogens is 1. The van der Waals surface area contributed by atoms with Gasteiger partial charge < -0.3 is 16.0 Å². The molecule has 0 aliphatic carbocycles. The highest BCUT2D eigenvalue weighted by Gasteiger charge is 2.19. The normalized spacial score (nSPS) is 17.6. The minimum atomic E-state index is -0.222. The van der Waals surface area contributed by atoms with Gasteiger partial charge in [0, 0.05) is 24.7 Å². The zero-order valence-corrected chi connectivity index (χ0v) is 15.3. The maximum Gasteiger partial charge on any atom is 0.252 e. The van der Waals surface area contributed by atoms with E-state index in [-0.39, 0.29) is 17.2 Å². The van der Waals surface area contributed by atoms with Crippen LogP contribution in [0.15, 0.2) is 18.2 Å². The van der Waals surface area contributed by atoms with Crippen molar-refractivity contribution in [3.63, 3.8) is 0 Å². The molecule has 2 amide bonds. The van der Waals surface area contributed by atoms with Gasteiger partial charge in [0.1, 0.15) is 0 Å². The molecule has 3 N–H and O–H groups in total. The SMILES string of the molecule is CC(C)(C)CC(=O)Nc1ccc(Cl)c(C(=O)NCC2CCCN2)c1. The first-order valence-corrected chi connectivity index (χ1v) is 8.73. The van der Waals surface area contributed by atoms with Crippen LogP contribution in [0.3, 0.4) is 0 Å². The molecule has 0 bridgehead atoms. The van der Waals surface area contributed by atoms with E-state index in [4.69, 9.17) is 11.6 Å². The lowest BCUT2D eigenvalue weighted by Crippen LogP contribution is -2.37. The summed E-state index contributed by atoms with van der Waals surface area (Å²) in [5, 5.41) is 9.44. The van der Waals surface area contributed by atoms with Crippen molar-refractivity contribution in [2.45, 2.75) is 46.1 Å². The molecule has 0 saturated carbocycles. The van der Waals surface area contributed by atoms with Crippen LogP contribution in [-0.2, 0) is 4.79 Å². The lowest BCUT2D eigenvalue weighted by Gasteiger charge is -2.17. The Hall–Kier alpha value is -1.59. The Labute approximate surface area is 148 Å². The summed E-state index contributed by atoms with van der Waals surface area (Å²) in [6.07, 6.45) is 2.61. The second-order valence-electron chi connectivity index (χ2n) is 7.48. The van der Waals surface area contributed by atoms with Crippen LogP contribution in [0.1, 0.15) is 50.4 Å². The Balaban J connectivity index is 1.99. The van der Waals surface area contributed by atoms with E-state index < -0.39 is 0 Å². The number of amides is 2. The van der Waals surface area contributed by atoms with Crippen LogP contribution < -0.4 is 16.0 Å². The number of carbonyl (C=O) groups is 2. The lowest BCUT2D eigenvalue weighted by molar-refractivity contribution is -0.117. The van der Waals surface area contributed by atoms with E-state index in [1.807, 2.05) is 20.8 Å². The van der Waals surface area contributed by atoms with Crippen molar-refractivity contribution in [1.29, 1.82) is 0 Å². The fraction of sp³-hybridized carbons (Fsp3) is 0.556. The summed E-state index contributed by atoms with van der Waals surface area (Å²) in [6.45, 7) is 7.59. The first-order chi connectivity index (χ1) is 11.2. The highest BCUT2D eigenvalue weighted by atomic mass is 35.5. The molecule has 0 radical (unpaired) electrons. The van der Waals surface area contributed by atoms with Crippen molar-refractivity contribution in [1.82, 2.24) is 10.6 Å². The van der Waals surface area contributed by atoms with Crippen LogP contribution in [-0.4, -0.2) is 30.9 Å². The van der Waals surface area contributed by atoms with Crippen molar-refractivity contribution in [2.75, 3.05) is 18.4 Å². The monoisotopic (exact) mass is 351 g/mol. The van der Waals surface area contributed by atoms with Crippen molar-refractivity contribution >= 4 is 29.1 Å². The van der Waals surface area contributed by atoms with Crippen molar-refractivity contribution < 1.29 is 9.59 Å². The number of rotatable bonds is 5. The van der Waals surface area contributed by atoms with Gasteiger partial charge in [-0.05, 0) is 43.0 Å². The topological polar surface area (TPSA) is 70.2 Å². The quantitative estimate of drug-likeness (QED) is 0.763. The van der Waals surface area contributed by atoms with Crippen LogP contribution in [0.5, 0.6) is 0 Å². The molecule has 2 rings (SSSR count). The van der Waals surface area contributed by atoms with E-state index in [0.29, 0.717) is 35.3 Å². The third kappa shape index (κ3) is 5.80. The van der Waals surface area contributed by atoms with Gasteiger partial charge in [-0.15, -0.1) is 0 Å². The van der Waals surface area contributed by atoms with Gasteiger partial charge in [-0.3, -0.25) is 9.59 Å². The molecule has 1 fully saturated rings. The molecule has 24 heavy (non-hydrogen) atoms. The predicted octanol–water partition coefficient (Wildman–Crippen LogP) is 3.20. The summed E-state index contributed by atoms with van der Waals surface area (Å²) in [5.74, 6) is -0.299. The minimum absolute atomic E-state index is 0.0775. The van der Waals surface area contributed by atoms with Gasteiger partial charge in [-0.2, -0.15) is 0 Å². The highest BCUT2D eigenvalue weighted by molar-refractivity contribution is 6.34. The van der Waals surface area contributed by atoms with Gasteiger partial charge in [0.05, 0.1) is 10.6 Å². The second kappa shape index (κ2) is 7.99. The summed E-state index contributed by atoms with van der Waals surface area (Å²) in [6, 6.07) is 5.29. The third-order valence-corrected chi connectivity index (χ3v) is 4.19. The minimum Gasteiger partial charge on any atom is -0.350 e. The first kappa shape index (κ1) is 18.7. The number of anilines is 1. The third-order valence-electron chi connectivity index (χ3n) is 3.86. The molecule has 5 nitrogen and oxygen atoms in total. The fourth-order valence-electron chi connectivity index (χ4n) is 2.71. The van der Waals surface area contributed by atoms with Gasteiger partial charge in [0.25, 0.3) is 5.91 Å².